The largest absolute Gasteiger partial charge is 0.491 e. The standard InChI is InChI=1S/C13H17ClO4/c1-2-3-6-17-7-8-18-10-4-5-12(14)11(9-10)13(15)16/h4-5,9H,2-3,6-8H2,1H3,(H,15,16). The summed E-state index contributed by atoms with van der Waals surface area (Å²) in [5, 5.41) is 9.10. The molecule has 0 spiro atoms. The zero-order valence-electron chi connectivity index (χ0n) is 10.3. The summed E-state index contributed by atoms with van der Waals surface area (Å²) in [5.74, 6) is -0.583. The molecule has 0 heterocycles. The highest BCUT2D eigenvalue weighted by atomic mass is 35.5. The molecule has 0 aliphatic heterocycles. The highest BCUT2D eigenvalue weighted by molar-refractivity contribution is 6.33. The van der Waals surface area contributed by atoms with Crippen LogP contribution in [0.5, 0.6) is 5.75 Å². The number of carboxylic acids is 1. The van der Waals surface area contributed by atoms with Crippen molar-refractivity contribution < 1.29 is 19.4 Å². The van der Waals surface area contributed by atoms with Crippen LogP contribution >= 0.6 is 11.6 Å². The normalized spacial score (nSPS) is 10.3. The van der Waals surface area contributed by atoms with Gasteiger partial charge in [0.25, 0.3) is 0 Å². The Morgan fingerprint density at radius 1 is 1.33 bits per heavy atom. The number of ether oxygens (including phenoxy) is 2. The minimum absolute atomic E-state index is 0.0427. The van der Waals surface area contributed by atoms with E-state index in [4.69, 9.17) is 26.2 Å². The van der Waals surface area contributed by atoms with E-state index in [0.29, 0.717) is 19.0 Å². The van der Waals surface area contributed by atoms with Crippen molar-refractivity contribution in [3.63, 3.8) is 0 Å². The van der Waals surface area contributed by atoms with E-state index in [0.717, 1.165) is 19.4 Å². The first-order chi connectivity index (χ1) is 8.65. The molecule has 0 aliphatic rings. The molecule has 0 radical (unpaired) electrons. The summed E-state index contributed by atoms with van der Waals surface area (Å²) in [5.41, 5.74) is 0.0427. The zero-order valence-corrected chi connectivity index (χ0v) is 11.1. The average Bonchev–Trinajstić information content (AvgIpc) is 2.35. The van der Waals surface area contributed by atoms with Gasteiger partial charge < -0.3 is 14.6 Å². The van der Waals surface area contributed by atoms with Crippen LogP contribution in [0.25, 0.3) is 0 Å². The molecule has 1 aromatic carbocycles. The summed E-state index contributed by atoms with van der Waals surface area (Å²) >= 11 is 5.75. The molecule has 5 heteroatoms. The lowest BCUT2D eigenvalue weighted by atomic mass is 10.2. The lowest BCUT2D eigenvalue weighted by molar-refractivity contribution is 0.0696. The van der Waals surface area contributed by atoms with Crippen LogP contribution in [0.4, 0.5) is 0 Å². The summed E-state index contributed by atoms with van der Waals surface area (Å²) in [6.07, 6.45) is 2.13. The third kappa shape index (κ3) is 4.94. The molecule has 0 bridgehead atoms. The van der Waals surface area contributed by atoms with E-state index in [-0.39, 0.29) is 10.6 Å². The third-order valence-corrected chi connectivity index (χ3v) is 2.64. The number of hydrogen-bond donors (Lipinski definition) is 1. The molecule has 0 aromatic heterocycles. The number of carbonyl (C=O) groups is 1. The van der Waals surface area contributed by atoms with Gasteiger partial charge in [-0.15, -0.1) is 0 Å². The average molecular weight is 273 g/mol. The first kappa shape index (κ1) is 14.8. The van der Waals surface area contributed by atoms with Gasteiger partial charge in [-0.1, -0.05) is 24.9 Å². The maximum absolute atomic E-state index is 10.9. The molecule has 18 heavy (non-hydrogen) atoms. The minimum atomic E-state index is -1.07. The molecular weight excluding hydrogens is 256 g/mol. The van der Waals surface area contributed by atoms with Crippen LogP contribution in [0.3, 0.4) is 0 Å². The molecule has 1 N–H and O–H groups in total. The van der Waals surface area contributed by atoms with Crippen LogP contribution in [0.1, 0.15) is 30.1 Å². The highest BCUT2D eigenvalue weighted by Gasteiger charge is 2.09. The maximum atomic E-state index is 10.9. The molecule has 0 atom stereocenters. The van der Waals surface area contributed by atoms with Gasteiger partial charge in [0.15, 0.2) is 0 Å². The number of unbranched alkanes of at least 4 members (excludes halogenated alkanes) is 1. The van der Waals surface area contributed by atoms with Gasteiger partial charge >= 0.3 is 5.97 Å². The number of rotatable bonds is 8. The number of carboxylic acid groups (broad SMARTS) is 1. The number of hydrogen-bond acceptors (Lipinski definition) is 3. The Morgan fingerprint density at radius 3 is 2.78 bits per heavy atom. The SMILES string of the molecule is CCCCOCCOc1ccc(Cl)c(C(=O)O)c1. The molecular formula is C13H17ClO4. The topological polar surface area (TPSA) is 55.8 Å². The van der Waals surface area contributed by atoms with Crippen molar-refractivity contribution in [1.29, 1.82) is 0 Å². The Morgan fingerprint density at radius 2 is 2.11 bits per heavy atom. The van der Waals surface area contributed by atoms with Gasteiger partial charge in [-0.25, -0.2) is 4.79 Å². The van der Waals surface area contributed by atoms with E-state index in [2.05, 4.69) is 6.92 Å². The molecule has 0 aliphatic carbocycles. The molecule has 1 rings (SSSR count). The summed E-state index contributed by atoms with van der Waals surface area (Å²) in [7, 11) is 0. The maximum Gasteiger partial charge on any atom is 0.337 e. The van der Waals surface area contributed by atoms with Crippen molar-refractivity contribution >= 4 is 17.6 Å². The van der Waals surface area contributed by atoms with Gasteiger partial charge in [0.2, 0.25) is 0 Å². The molecule has 4 nitrogen and oxygen atoms in total. The van der Waals surface area contributed by atoms with E-state index in [1.54, 1.807) is 6.07 Å². The van der Waals surface area contributed by atoms with Crippen molar-refractivity contribution in [2.75, 3.05) is 19.8 Å². The fourth-order valence-electron chi connectivity index (χ4n) is 1.32. The molecule has 1 aromatic rings. The zero-order chi connectivity index (χ0) is 13.4. The first-order valence-corrected chi connectivity index (χ1v) is 6.26. The lowest BCUT2D eigenvalue weighted by Gasteiger charge is -2.08. The second kappa shape index (κ2) is 7.95. The fourth-order valence-corrected chi connectivity index (χ4v) is 1.52. The van der Waals surface area contributed by atoms with E-state index in [1.807, 2.05) is 0 Å². The predicted octanol–water partition coefficient (Wildman–Crippen LogP) is 3.23. The van der Waals surface area contributed by atoms with E-state index in [9.17, 15) is 4.79 Å². The van der Waals surface area contributed by atoms with Gasteiger partial charge in [-0.2, -0.15) is 0 Å². The Hall–Kier alpha value is -1.26. The Bertz CT molecular complexity index is 393. The molecule has 0 saturated heterocycles. The molecule has 0 amide bonds. The number of benzene rings is 1. The van der Waals surface area contributed by atoms with Crippen LogP contribution in [0.15, 0.2) is 18.2 Å². The van der Waals surface area contributed by atoms with Crippen molar-refractivity contribution in [2.24, 2.45) is 0 Å². The molecule has 0 unspecified atom stereocenters. The van der Waals surface area contributed by atoms with Crippen LogP contribution in [-0.2, 0) is 4.74 Å². The van der Waals surface area contributed by atoms with Gasteiger partial charge in [0, 0.05) is 6.61 Å². The van der Waals surface area contributed by atoms with E-state index >= 15 is 0 Å². The molecule has 0 fully saturated rings. The second-order valence-corrected chi connectivity index (χ2v) is 4.17. The van der Waals surface area contributed by atoms with Crippen molar-refractivity contribution in [2.45, 2.75) is 19.8 Å². The van der Waals surface area contributed by atoms with E-state index < -0.39 is 5.97 Å². The van der Waals surface area contributed by atoms with Gasteiger partial charge in [0.05, 0.1) is 17.2 Å². The van der Waals surface area contributed by atoms with Gasteiger partial charge in [-0.05, 0) is 24.6 Å². The fraction of sp³-hybridized carbons (Fsp3) is 0.462. The molecule has 100 valence electrons. The van der Waals surface area contributed by atoms with Crippen molar-refractivity contribution in [3.05, 3.63) is 28.8 Å². The third-order valence-electron chi connectivity index (χ3n) is 2.31. The second-order valence-electron chi connectivity index (χ2n) is 3.76. The summed E-state index contributed by atoms with van der Waals surface area (Å²) in [6, 6.07) is 4.57. The summed E-state index contributed by atoms with van der Waals surface area (Å²) in [6.45, 7) is 3.71. The monoisotopic (exact) mass is 272 g/mol. The van der Waals surface area contributed by atoms with Crippen molar-refractivity contribution in [1.82, 2.24) is 0 Å². The van der Waals surface area contributed by atoms with Crippen LogP contribution in [-0.4, -0.2) is 30.9 Å². The summed E-state index contributed by atoms with van der Waals surface area (Å²) in [4.78, 5) is 10.9. The van der Waals surface area contributed by atoms with Crippen LogP contribution in [0.2, 0.25) is 5.02 Å². The first-order valence-electron chi connectivity index (χ1n) is 5.88. The lowest BCUT2D eigenvalue weighted by Crippen LogP contribution is -2.08. The Balaban J connectivity index is 2.38. The number of halogens is 1. The van der Waals surface area contributed by atoms with Crippen LogP contribution in [0, 0.1) is 0 Å². The summed E-state index contributed by atoms with van der Waals surface area (Å²) < 4.78 is 10.7. The number of aromatic carboxylic acids is 1. The van der Waals surface area contributed by atoms with Gasteiger partial charge in [0.1, 0.15) is 12.4 Å². The predicted molar refractivity (Wildman–Crippen MR) is 69.6 cm³/mol. The van der Waals surface area contributed by atoms with Crippen molar-refractivity contribution in [3.8, 4) is 5.75 Å². The Kier molecular flexibility index (Phi) is 6.54. The van der Waals surface area contributed by atoms with Gasteiger partial charge in [-0.3, -0.25) is 0 Å². The highest BCUT2D eigenvalue weighted by Crippen LogP contribution is 2.22. The van der Waals surface area contributed by atoms with E-state index in [1.165, 1.54) is 12.1 Å². The molecule has 0 saturated carbocycles. The quantitative estimate of drug-likeness (QED) is 0.738. The van der Waals surface area contributed by atoms with Crippen LogP contribution < -0.4 is 4.74 Å². The smallest absolute Gasteiger partial charge is 0.337 e. The minimum Gasteiger partial charge on any atom is -0.491 e. The Labute approximate surface area is 111 Å².